The van der Waals surface area contributed by atoms with Crippen molar-refractivity contribution >= 4 is 15.9 Å². The lowest BCUT2D eigenvalue weighted by Crippen LogP contribution is -2.42. The fourth-order valence-electron chi connectivity index (χ4n) is 4.88. The topological polar surface area (TPSA) is 95.3 Å². The van der Waals surface area contributed by atoms with E-state index in [2.05, 4.69) is 14.7 Å². The van der Waals surface area contributed by atoms with E-state index in [0.29, 0.717) is 28.2 Å². The van der Waals surface area contributed by atoms with Crippen LogP contribution in [0.4, 0.5) is 18.9 Å². The van der Waals surface area contributed by atoms with Crippen molar-refractivity contribution in [1.82, 2.24) is 23.0 Å². The number of alkyl halides is 3. The van der Waals surface area contributed by atoms with Gasteiger partial charge in [0.1, 0.15) is 5.69 Å². The van der Waals surface area contributed by atoms with E-state index in [9.17, 15) is 26.4 Å². The molecule has 2 heterocycles. The summed E-state index contributed by atoms with van der Waals surface area (Å²) in [5.74, 6) is 0. The molecule has 13 heteroatoms. The third kappa shape index (κ3) is 4.88. The normalized spacial score (nSPS) is 14.5. The fraction of sp³-hybridized carbons (Fsp3) is 0.269. The first kappa shape index (κ1) is 26.5. The number of hydrogen-bond donors (Lipinski definition) is 1. The lowest BCUT2D eigenvalue weighted by atomic mass is 10.2. The summed E-state index contributed by atoms with van der Waals surface area (Å²) in [5, 5.41) is 4.29. The van der Waals surface area contributed by atoms with Crippen molar-refractivity contribution in [2.45, 2.75) is 44.8 Å². The molecule has 2 aromatic carbocycles. The minimum Gasteiger partial charge on any atom is -0.264 e. The van der Waals surface area contributed by atoms with Gasteiger partial charge in [-0.3, -0.25) is 4.57 Å². The van der Waals surface area contributed by atoms with Crippen molar-refractivity contribution in [3.05, 3.63) is 94.0 Å². The second-order valence-electron chi connectivity index (χ2n) is 9.23. The Hall–Kier alpha value is -4.15. The summed E-state index contributed by atoms with van der Waals surface area (Å²) in [6.45, 7) is 8.63. The highest BCUT2D eigenvalue weighted by Crippen LogP contribution is 2.32. The summed E-state index contributed by atoms with van der Waals surface area (Å²) in [7, 11) is -4.46. The molecule has 0 saturated heterocycles. The minimum atomic E-state index is -4.66. The Labute approximate surface area is 222 Å². The van der Waals surface area contributed by atoms with Crippen LogP contribution in [0, 0.1) is 13.5 Å². The monoisotopic (exact) mass is 556 g/mol. The maximum atomic E-state index is 13.8. The van der Waals surface area contributed by atoms with Gasteiger partial charge in [-0.05, 0) is 56.2 Å². The zero-order valence-electron chi connectivity index (χ0n) is 20.7. The molecule has 2 aromatic heterocycles. The number of nitrogens with one attached hydrogen (secondary N) is 1. The van der Waals surface area contributed by atoms with Gasteiger partial charge < -0.3 is 0 Å². The van der Waals surface area contributed by atoms with E-state index < -0.39 is 27.6 Å². The number of imidazole rings is 1. The van der Waals surface area contributed by atoms with Crippen LogP contribution in [0.5, 0.6) is 0 Å². The highest BCUT2D eigenvalue weighted by molar-refractivity contribution is 7.88. The largest absolute Gasteiger partial charge is 0.416 e. The molecule has 0 radical (unpaired) electrons. The van der Waals surface area contributed by atoms with Crippen LogP contribution in [0.25, 0.3) is 27.6 Å². The molecule has 9 nitrogen and oxygen atoms in total. The number of aromatic nitrogens is 4. The van der Waals surface area contributed by atoms with Crippen LogP contribution in [0.15, 0.2) is 65.6 Å². The summed E-state index contributed by atoms with van der Waals surface area (Å²) < 4.78 is 73.3. The van der Waals surface area contributed by atoms with Crippen molar-refractivity contribution in [3.63, 3.8) is 0 Å². The molecule has 1 saturated carbocycles. The Bertz CT molecular complexity index is 1740. The smallest absolute Gasteiger partial charge is 0.264 e. The first-order valence-corrected chi connectivity index (χ1v) is 13.5. The van der Waals surface area contributed by atoms with Crippen molar-refractivity contribution in [3.8, 4) is 22.8 Å². The van der Waals surface area contributed by atoms with Crippen molar-refractivity contribution in [1.29, 1.82) is 0 Å². The number of benzene rings is 2. The summed E-state index contributed by atoms with van der Waals surface area (Å²) >= 11 is 0. The Morgan fingerprint density at radius 2 is 1.74 bits per heavy atom. The van der Waals surface area contributed by atoms with Crippen molar-refractivity contribution in [2.24, 2.45) is 0 Å². The molecule has 0 spiro atoms. The second-order valence-corrected chi connectivity index (χ2v) is 10.8. The van der Waals surface area contributed by atoms with Crippen LogP contribution in [0.2, 0.25) is 0 Å². The average Bonchev–Trinajstić information content (AvgIpc) is 3.63. The molecule has 0 aliphatic heterocycles. The third-order valence-corrected chi connectivity index (χ3v) is 8.15. The predicted molar refractivity (Wildman–Crippen MR) is 138 cm³/mol. The molecule has 1 N–H and O–H groups in total. The molecular formula is C26H23F3N6O3S. The van der Waals surface area contributed by atoms with Gasteiger partial charge in [-0.15, -0.1) is 0 Å². The molecule has 1 aliphatic rings. The maximum Gasteiger partial charge on any atom is 0.416 e. The van der Waals surface area contributed by atoms with Crippen LogP contribution in [0.3, 0.4) is 0 Å². The van der Waals surface area contributed by atoms with E-state index in [1.807, 2.05) is 0 Å². The van der Waals surface area contributed by atoms with Crippen LogP contribution >= 0.6 is 0 Å². The predicted octanol–water partition coefficient (Wildman–Crippen LogP) is 4.99. The lowest BCUT2D eigenvalue weighted by molar-refractivity contribution is -0.137. The van der Waals surface area contributed by atoms with Gasteiger partial charge in [0, 0.05) is 6.04 Å². The Kier molecular flexibility index (Phi) is 6.69. The highest BCUT2D eigenvalue weighted by atomic mass is 32.2. The zero-order chi connectivity index (χ0) is 27.9. The molecule has 0 bridgehead atoms. The van der Waals surface area contributed by atoms with Gasteiger partial charge in [0.2, 0.25) is 0 Å². The Morgan fingerprint density at radius 3 is 2.38 bits per heavy atom. The lowest BCUT2D eigenvalue weighted by Gasteiger charge is -2.15. The van der Waals surface area contributed by atoms with Crippen LogP contribution in [-0.4, -0.2) is 32.8 Å². The highest BCUT2D eigenvalue weighted by Gasteiger charge is 2.34. The molecule has 202 valence electrons. The van der Waals surface area contributed by atoms with E-state index in [4.69, 9.17) is 6.57 Å². The molecule has 0 amide bonds. The van der Waals surface area contributed by atoms with Gasteiger partial charge in [0.15, 0.2) is 5.69 Å². The van der Waals surface area contributed by atoms with Crippen LogP contribution in [-0.2, 0) is 16.4 Å². The number of hydrogen-bond acceptors (Lipinski definition) is 4. The average molecular weight is 557 g/mol. The second kappa shape index (κ2) is 9.87. The van der Waals surface area contributed by atoms with E-state index in [-0.39, 0.29) is 28.8 Å². The molecular weight excluding hydrogens is 533 g/mol. The van der Waals surface area contributed by atoms with E-state index in [0.717, 1.165) is 35.6 Å². The molecule has 4 aromatic rings. The van der Waals surface area contributed by atoms with E-state index in [1.165, 1.54) is 29.9 Å². The Morgan fingerprint density at radius 1 is 1.05 bits per heavy atom. The van der Waals surface area contributed by atoms with Gasteiger partial charge in [0.05, 0.1) is 41.1 Å². The minimum absolute atomic E-state index is 0.0466. The number of rotatable bonds is 6. The van der Waals surface area contributed by atoms with Crippen molar-refractivity contribution in [2.75, 3.05) is 0 Å². The summed E-state index contributed by atoms with van der Waals surface area (Å²) in [6, 6.07) is 11.7. The van der Waals surface area contributed by atoms with Crippen LogP contribution in [0.1, 0.15) is 36.9 Å². The molecule has 39 heavy (non-hydrogen) atoms. The third-order valence-electron chi connectivity index (χ3n) is 6.70. The maximum absolute atomic E-state index is 13.8. The fourth-order valence-corrected chi connectivity index (χ4v) is 6.40. The first-order valence-electron chi connectivity index (χ1n) is 12.1. The molecule has 0 unspecified atom stereocenters. The van der Waals surface area contributed by atoms with E-state index >= 15 is 0 Å². The summed E-state index contributed by atoms with van der Waals surface area (Å²) in [6.07, 6.45) is -0.334. The Balaban J connectivity index is 1.76. The van der Waals surface area contributed by atoms with Gasteiger partial charge in [0.25, 0.3) is 0 Å². The standard InChI is InChI=1S/C26H23F3N6O3S/c1-17-24(23-14-15-31-34(23)21-12-10-19(30-2)11-13-21)35(39(37,38)32-20-7-3-4-8-20)25(36)33(17)22-9-5-6-18(16-22)26(27,28)29/h5-6,9-16,20,32H,3-4,7-8H2,1H3. The molecule has 0 atom stereocenters. The summed E-state index contributed by atoms with van der Waals surface area (Å²) in [5.41, 5.74) is -0.974. The number of nitrogens with zero attached hydrogens (tertiary/aromatic N) is 5. The molecule has 1 fully saturated rings. The van der Waals surface area contributed by atoms with Gasteiger partial charge in [-0.25, -0.2) is 14.3 Å². The van der Waals surface area contributed by atoms with Gasteiger partial charge in [-0.1, -0.05) is 31.0 Å². The van der Waals surface area contributed by atoms with E-state index in [1.54, 1.807) is 24.3 Å². The zero-order valence-corrected chi connectivity index (χ0v) is 21.5. The quantitative estimate of drug-likeness (QED) is 0.339. The molecule has 1 aliphatic carbocycles. The van der Waals surface area contributed by atoms with Gasteiger partial charge in [-0.2, -0.15) is 35.4 Å². The van der Waals surface area contributed by atoms with Gasteiger partial charge >= 0.3 is 22.1 Å². The number of halogens is 3. The summed E-state index contributed by atoms with van der Waals surface area (Å²) in [4.78, 5) is 17.1. The van der Waals surface area contributed by atoms with Crippen LogP contribution < -0.4 is 10.4 Å². The SMILES string of the molecule is [C-]#[N+]c1ccc(-n2nccc2-c2c(C)n(-c3cccc(C(F)(F)F)c3)c(=O)n2S(=O)(=O)NC2CCCC2)cc1. The van der Waals surface area contributed by atoms with Crippen molar-refractivity contribution < 1.29 is 21.6 Å². The first-order chi connectivity index (χ1) is 18.5. The molecule has 5 rings (SSSR count).